The van der Waals surface area contributed by atoms with Gasteiger partial charge in [-0.1, -0.05) is 6.92 Å². The van der Waals surface area contributed by atoms with Crippen LogP contribution in [-0.4, -0.2) is 5.78 Å². The zero-order valence-electron chi connectivity index (χ0n) is 8.38. The predicted molar refractivity (Wildman–Crippen MR) is 57.7 cm³/mol. The minimum Gasteiger partial charge on any atom is -0.299 e. The van der Waals surface area contributed by atoms with Crippen LogP contribution in [0.2, 0.25) is 0 Å². The third kappa shape index (κ3) is 0.977. The predicted octanol–water partition coefficient (Wildman–Crippen LogP) is 3.15. The minimum atomic E-state index is 0.234. The van der Waals surface area contributed by atoms with Crippen LogP contribution in [-0.2, 0) is 11.2 Å². The van der Waals surface area contributed by atoms with E-state index in [9.17, 15) is 4.79 Å². The second-order valence-electron chi connectivity index (χ2n) is 4.85. The molecule has 0 amide bonds. The highest BCUT2D eigenvalue weighted by Gasteiger charge is 2.48. The van der Waals surface area contributed by atoms with Crippen molar-refractivity contribution in [3.05, 3.63) is 21.9 Å². The van der Waals surface area contributed by atoms with Crippen molar-refractivity contribution in [1.29, 1.82) is 0 Å². The number of carbonyl (C=O) groups is 1. The van der Waals surface area contributed by atoms with Gasteiger partial charge in [0.1, 0.15) is 5.78 Å². The SMILES string of the molecule is C[C@]12CCC(=O)[C@H]1c1ccsc1CC2. The van der Waals surface area contributed by atoms with Gasteiger partial charge >= 0.3 is 0 Å². The number of ketones is 1. The largest absolute Gasteiger partial charge is 0.299 e. The average Bonchev–Trinajstić information content (AvgIpc) is 2.70. The standard InChI is InChI=1S/C12H14OS/c1-12-5-2-9(13)11(12)8-4-7-14-10(8)3-6-12/h4,7,11H,2-3,5-6H2,1H3/t11-,12-/m1/s1. The van der Waals surface area contributed by atoms with E-state index in [2.05, 4.69) is 18.4 Å². The molecule has 0 aromatic carbocycles. The first kappa shape index (κ1) is 8.66. The normalized spacial score (nSPS) is 35.5. The van der Waals surface area contributed by atoms with Crippen molar-refractivity contribution in [2.45, 2.75) is 38.5 Å². The summed E-state index contributed by atoms with van der Waals surface area (Å²) in [6.45, 7) is 2.29. The van der Waals surface area contributed by atoms with Gasteiger partial charge in [-0.2, -0.15) is 0 Å². The van der Waals surface area contributed by atoms with Crippen LogP contribution in [0.25, 0.3) is 0 Å². The molecule has 2 aliphatic rings. The molecule has 2 aliphatic carbocycles. The van der Waals surface area contributed by atoms with Gasteiger partial charge in [-0.3, -0.25) is 4.79 Å². The molecule has 2 atom stereocenters. The minimum absolute atomic E-state index is 0.234. The van der Waals surface area contributed by atoms with Crippen molar-refractivity contribution in [1.82, 2.24) is 0 Å². The third-order valence-corrected chi connectivity index (χ3v) is 4.97. The van der Waals surface area contributed by atoms with Crippen LogP contribution < -0.4 is 0 Å². The van der Waals surface area contributed by atoms with E-state index in [1.54, 1.807) is 0 Å². The fourth-order valence-electron chi connectivity index (χ4n) is 3.11. The molecular weight excluding hydrogens is 192 g/mol. The summed E-state index contributed by atoms with van der Waals surface area (Å²) in [4.78, 5) is 13.3. The molecule has 0 aliphatic heterocycles. The van der Waals surface area contributed by atoms with E-state index in [0.717, 1.165) is 12.8 Å². The summed E-state index contributed by atoms with van der Waals surface area (Å²) in [5.41, 5.74) is 1.64. The zero-order chi connectivity index (χ0) is 9.76. The van der Waals surface area contributed by atoms with Gasteiger partial charge in [0.05, 0.1) is 0 Å². The number of fused-ring (bicyclic) bond motifs is 3. The maximum atomic E-state index is 11.9. The first-order chi connectivity index (χ1) is 6.71. The van der Waals surface area contributed by atoms with Gasteiger partial charge < -0.3 is 0 Å². The Morgan fingerprint density at radius 3 is 3.07 bits per heavy atom. The summed E-state index contributed by atoms with van der Waals surface area (Å²) in [5, 5.41) is 2.14. The topological polar surface area (TPSA) is 17.1 Å². The van der Waals surface area contributed by atoms with Crippen LogP contribution in [0.15, 0.2) is 11.4 Å². The Labute approximate surface area is 88.1 Å². The Bertz CT molecular complexity index is 393. The molecule has 1 nitrogen and oxygen atoms in total. The van der Waals surface area contributed by atoms with Crippen molar-refractivity contribution in [3.8, 4) is 0 Å². The van der Waals surface area contributed by atoms with Crippen molar-refractivity contribution in [3.63, 3.8) is 0 Å². The summed E-state index contributed by atoms with van der Waals surface area (Å²) < 4.78 is 0. The van der Waals surface area contributed by atoms with E-state index < -0.39 is 0 Å². The lowest BCUT2D eigenvalue weighted by atomic mass is 9.69. The summed E-state index contributed by atoms with van der Waals surface area (Å²) in [7, 11) is 0. The van der Waals surface area contributed by atoms with Gasteiger partial charge in [-0.25, -0.2) is 0 Å². The second kappa shape index (κ2) is 2.69. The lowest BCUT2D eigenvalue weighted by Crippen LogP contribution is -2.28. The van der Waals surface area contributed by atoms with Crippen LogP contribution in [0.5, 0.6) is 0 Å². The van der Waals surface area contributed by atoms with E-state index in [0.29, 0.717) is 5.78 Å². The van der Waals surface area contributed by atoms with Crippen LogP contribution >= 0.6 is 11.3 Å². The number of thiophene rings is 1. The van der Waals surface area contributed by atoms with Crippen molar-refractivity contribution in [2.75, 3.05) is 0 Å². The van der Waals surface area contributed by atoms with Gasteiger partial charge in [0.15, 0.2) is 0 Å². The number of aryl methyl sites for hydroxylation is 1. The zero-order valence-corrected chi connectivity index (χ0v) is 9.19. The lowest BCUT2D eigenvalue weighted by Gasteiger charge is -2.34. The number of Topliss-reactive ketones (excluding diaryl/α,β-unsaturated/α-hetero) is 1. The highest BCUT2D eigenvalue weighted by Crippen LogP contribution is 2.54. The molecule has 2 heteroatoms. The quantitative estimate of drug-likeness (QED) is 0.637. The van der Waals surface area contributed by atoms with E-state index in [4.69, 9.17) is 0 Å². The molecule has 14 heavy (non-hydrogen) atoms. The molecule has 1 saturated carbocycles. The third-order valence-electron chi connectivity index (χ3n) is 3.98. The number of hydrogen-bond acceptors (Lipinski definition) is 2. The van der Waals surface area contributed by atoms with E-state index in [-0.39, 0.29) is 11.3 Å². The molecule has 1 heterocycles. The van der Waals surface area contributed by atoms with Crippen molar-refractivity contribution < 1.29 is 4.79 Å². The van der Waals surface area contributed by atoms with Gasteiger partial charge in [0, 0.05) is 17.2 Å². The molecule has 0 spiro atoms. The summed E-state index contributed by atoms with van der Waals surface area (Å²) >= 11 is 1.82. The molecule has 0 N–H and O–H groups in total. The molecule has 0 radical (unpaired) electrons. The number of hydrogen-bond donors (Lipinski definition) is 0. The van der Waals surface area contributed by atoms with Crippen LogP contribution in [0.4, 0.5) is 0 Å². The Morgan fingerprint density at radius 1 is 1.43 bits per heavy atom. The van der Waals surface area contributed by atoms with Crippen LogP contribution in [0.1, 0.15) is 42.5 Å². The van der Waals surface area contributed by atoms with Crippen LogP contribution in [0, 0.1) is 5.41 Å². The van der Waals surface area contributed by atoms with Gasteiger partial charge in [0.2, 0.25) is 0 Å². The van der Waals surface area contributed by atoms with Gasteiger partial charge in [-0.15, -0.1) is 11.3 Å². The van der Waals surface area contributed by atoms with Crippen LogP contribution in [0.3, 0.4) is 0 Å². The van der Waals surface area contributed by atoms with E-state index >= 15 is 0 Å². The van der Waals surface area contributed by atoms with Gasteiger partial charge in [-0.05, 0) is 41.7 Å². The Hall–Kier alpha value is -0.630. The van der Waals surface area contributed by atoms with E-state index in [1.165, 1.54) is 23.3 Å². The average molecular weight is 206 g/mol. The van der Waals surface area contributed by atoms with E-state index in [1.807, 2.05) is 11.3 Å². The summed E-state index contributed by atoms with van der Waals surface area (Å²) in [6.07, 6.45) is 4.30. The molecule has 1 fully saturated rings. The number of rotatable bonds is 0. The smallest absolute Gasteiger partial charge is 0.140 e. The monoisotopic (exact) mass is 206 g/mol. The molecule has 74 valence electrons. The highest BCUT2D eigenvalue weighted by atomic mass is 32.1. The molecule has 0 saturated heterocycles. The molecular formula is C12H14OS. The number of carbonyl (C=O) groups excluding carboxylic acids is 1. The highest BCUT2D eigenvalue weighted by molar-refractivity contribution is 7.10. The van der Waals surface area contributed by atoms with Crippen molar-refractivity contribution >= 4 is 17.1 Å². The first-order valence-corrected chi connectivity index (χ1v) is 6.18. The Kier molecular flexibility index (Phi) is 1.67. The van der Waals surface area contributed by atoms with Crippen molar-refractivity contribution in [2.24, 2.45) is 5.41 Å². The Balaban J connectivity index is 2.15. The first-order valence-electron chi connectivity index (χ1n) is 5.30. The maximum absolute atomic E-state index is 11.9. The van der Waals surface area contributed by atoms with Gasteiger partial charge in [0.25, 0.3) is 0 Å². The maximum Gasteiger partial charge on any atom is 0.140 e. The molecule has 0 bridgehead atoms. The molecule has 0 unspecified atom stereocenters. The summed E-state index contributed by atoms with van der Waals surface area (Å²) in [6, 6.07) is 2.17. The molecule has 3 rings (SSSR count). The lowest BCUT2D eigenvalue weighted by molar-refractivity contribution is -0.119. The fraction of sp³-hybridized carbons (Fsp3) is 0.583. The molecule has 1 aromatic heterocycles. The fourth-order valence-corrected chi connectivity index (χ4v) is 4.04. The second-order valence-corrected chi connectivity index (χ2v) is 5.85. The Morgan fingerprint density at radius 2 is 2.21 bits per heavy atom. The summed E-state index contributed by atoms with van der Waals surface area (Å²) in [5.74, 6) is 0.712. The molecule has 1 aromatic rings.